The zero-order valence-electron chi connectivity index (χ0n) is 17.3. The normalized spacial score (nSPS) is 23.4. The van der Waals surface area contributed by atoms with Crippen LogP contribution in [0.15, 0.2) is 4.99 Å². The average Bonchev–Trinajstić information content (AvgIpc) is 3.25. The number of amides is 1. The third-order valence-electron chi connectivity index (χ3n) is 6.11. The number of hydrogen-bond donors (Lipinski definition) is 1. The van der Waals surface area contributed by atoms with Crippen LogP contribution >= 0.6 is 24.0 Å². The fourth-order valence-electron chi connectivity index (χ4n) is 4.14. The first-order valence-electron chi connectivity index (χ1n) is 10.2. The van der Waals surface area contributed by atoms with Gasteiger partial charge in [-0.25, -0.2) is 0 Å². The van der Waals surface area contributed by atoms with E-state index in [4.69, 9.17) is 9.47 Å². The van der Waals surface area contributed by atoms with Crippen molar-refractivity contribution in [2.45, 2.75) is 31.3 Å². The Kier molecular flexibility index (Phi) is 9.72. The van der Waals surface area contributed by atoms with Crippen molar-refractivity contribution >= 4 is 35.8 Å². The first-order valence-corrected chi connectivity index (χ1v) is 10.2. The van der Waals surface area contributed by atoms with E-state index < -0.39 is 0 Å². The molecule has 0 radical (unpaired) electrons. The van der Waals surface area contributed by atoms with E-state index in [1.165, 1.54) is 0 Å². The molecule has 0 saturated carbocycles. The highest BCUT2D eigenvalue weighted by atomic mass is 127. The summed E-state index contributed by atoms with van der Waals surface area (Å²) >= 11 is 0. The molecule has 162 valence electrons. The molecule has 3 fully saturated rings. The Bertz CT molecular complexity index is 514. The summed E-state index contributed by atoms with van der Waals surface area (Å²) in [7, 11) is 3.61. The van der Waals surface area contributed by atoms with E-state index in [1.54, 1.807) is 7.11 Å². The molecule has 3 heterocycles. The number of halogens is 1. The van der Waals surface area contributed by atoms with Gasteiger partial charge < -0.3 is 24.6 Å². The van der Waals surface area contributed by atoms with Gasteiger partial charge in [-0.15, -0.1) is 24.0 Å². The van der Waals surface area contributed by atoms with Crippen LogP contribution in [-0.4, -0.2) is 112 Å². The van der Waals surface area contributed by atoms with Gasteiger partial charge in [0, 0.05) is 86.0 Å². The number of aliphatic imine (C=N–C) groups is 1. The molecule has 0 aromatic carbocycles. The van der Waals surface area contributed by atoms with Crippen LogP contribution in [0, 0.1) is 0 Å². The number of piperazine rings is 1. The molecule has 0 unspecified atom stereocenters. The minimum absolute atomic E-state index is 0. The molecule has 9 heteroatoms. The highest BCUT2D eigenvalue weighted by Gasteiger charge is 2.33. The van der Waals surface area contributed by atoms with E-state index in [9.17, 15) is 4.79 Å². The Morgan fingerprint density at radius 1 is 1.07 bits per heavy atom. The maximum Gasteiger partial charge on any atom is 0.236 e. The summed E-state index contributed by atoms with van der Waals surface area (Å²) in [6.45, 7) is 8.21. The van der Waals surface area contributed by atoms with Gasteiger partial charge in [-0.2, -0.15) is 0 Å². The smallest absolute Gasteiger partial charge is 0.236 e. The molecule has 0 bridgehead atoms. The molecule has 0 aliphatic carbocycles. The minimum atomic E-state index is -0.168. The van der Waals surface area contributed by atoms with E-state index >= 15 is 0 Å². The monoisotopic (exact) mass is 509 g/mol. The Morgan fingerprint density at radius 3 is 2.29 bits per heavy atom. The lowest BCUT2D eigenvalue weighted by Crippen LogP contribution is -2.56. The van der Waals surface area contributed by atoms with Crippen LogP contribution in [-0.2, 0) is 14.3 Å². The highest BCUT2D eigenvalue weighted by Crippen LogP contribution is 2.23. The van der Waals surface area contributed by atoms with Crippen LogP contribution < -0.4 is 5.32 Å². The fourth-order valence-corrected chi connectivity index (χ4v) is 4.14. The van der Waals surface area contributed by atoms with Gasteiger partial charge >= 0.3 is 0 Å². The van der Waals surface area contributed by atoms with Crippen LogP contribution in [0.5, 0.6) is 0 Å². The zero-order valence-corrected chi connectivity index (χ0v) is 19.7. The third kappa shape index (κ3) is 6.17. The number of nitrogens with zero attached hydrogens (tertiary/aromatic N) is 4. The maximum atomic E-state index is 12.3. The highest BCUT2D eigenvalue weighted by molar-refractivity contribution is 14.0. The lowest BCUT2D eigenvalue weighted by atomic mass is 9.94. The molecule has 1 N–H and O–H groups in total. The largest absolute Gasteiger partial charge is 0.381 e. The molecule has 8 nitrogen and oxygen atoms in total. The third-order valence-corrected chi connectivity index (χ3v) is 6.11. The molecule has 3 saturated heterocycles. The van der Waals surface area contributed by atoms with Crippen molar-refractivity contribution in [1.82, 2.24) is 20.0 Å². The van der Waals surface area contributed by atoms with E-state index in [1.807, 2.05) is 11.9 Å². The second-order valence-electron chi connectivity index (χ2n) is 7.75. The molecule has 3 rings (SSSR count). The number of methoxy groups -OCH3 is 1. The molecule has 3 aliphatic rings. The Morgan fingerprint density at radius 2 is 1.71 bits per heavy atom. The summed E-state index contributed by atoms with van der Waals surface area (Å²) in [5.74, 6) is 1.20. The van der Waals surface area contributed by atoms with Crippen molar-refractivity contribution < 1.29 is 14.3 Å². The van der Waals surface area contributed by atoms with Crippen molar-refractivity contribution in [2.75, 3.05) is 79.7 Å². The number of ether oxygens (including phenoxy) is 2. The number of hydrogen-bond acceptors (Lipinski definition) is 5. The van der Waals surface area contributed by atoms with Gasteiger partial charge in [0.25, 0.3) is 0 Å². The number of nitrogens with one attached hydrogen (secondary N) is 1. The number of guanidine groups is 1. The van der Waals surface area contributed by atoms with Gasteiger partial charge in [0.2, 0.25) is 5.91 Å². The van der Waals surface area contributed by atoms with Gasteiger partial charge in [-0.1, -0.05) is 0 Å². The summed E-state index contributed by atoms with van der Waals surface area (Å²) in [5.41, 5.74) is -0.168. The molecule has 1 amide bonds. The topological polar surface area (TPSA) is 69.6 Å². The molecular weight excluding hydrogens is 473 g/mol. The van der Waals surface area contributed by atoms with Gasteiger partial charge in [0.05, 0.1) is 12.1 Å². The minimum Gasteiger partial charge on any atom is -0.381 e. The van der Waals surface area contributed by atoms with Gasteiger partial charge in [0.15, 0.2) is 5.96 Å². The number of likely N-dealkylation sites (tertiary alicyclic amines) is 1. The summed E-state index contributed by atoms with van der Waals surface area (Å²) in [6.07, 6.45) is 4.10. The first-order chi connectivity index (χ1) is 13.2. The van der Waals surface area contributed by atoms with Crippen molar-refractivity contribution in [2.24, 2.45) is 4.99 Å². The van der Waals surface area contributed by atoms with Crippen molar-refractivity contribution in [1.29, 1.82) is 0 Å². The quantitative estimate of drug-likeness (QED) is 0.333. The summed E-state index contributed by atoms with van der Waals surface area (Å²) in [5, 5.41) is 3.50. The standard InChI is InChI=1S/C19H35N5O3.HI/c1-20-18(21-16-19(26-2)5-13-27-14-6-19)24-11-9-22(10-12-24)15-17(25)23-7-3-4-8-23;/h3-16H2,1-2H3,(H,20,21);1H. The summed E-state index contributed by atoms with van der Waals surface area (Å²) < 4.78 is 11.3. The molecule has 0 spiro atoms. The second-order valence-corrected chi connectivity index (χ2v) is 7.75. The fraction of sp³-hybridized carbons (Fsp3) is 0.895. The Balaban J connectivity index is 0.00000280. The van der Waals surface area contributed by atoms with Crippen LogP contribution in [0.4, 0.5) is 0 Å². The van der Waals surface area contributed by atoms with Crippen molar-refractivity contribution in [3.63, 3.8) is 0 Å². The van der Waals surface area contributed by atoms with Crippen LogP contribution in [0.25, 0.3) is 0 Å². The lowest BCUT2D eigenvalue weighted by Gasteiger charge is -2.39. The summed E-state index contributed by atoms with van der Waals surface area (Å²) in [4.78, 5) is 23.3. The van der Waals surface area contributed by atoms with Gasteiger partial charge in [0.1, 0.15) is 0 Å². The van der Waals surface area contributed by atoms with Crippen LogP contribution in [0.3, 0.4) is 0 Å². The van der Waals surface area contributed by atoms with Crippen LogP contribution in [0.1, 0.15) is 25.7 Å². The number of carbonyl (C=O) groups excluding carboxylic acids is 1. The number of carbonyl (C=O) groups is 1. The Labute approximate surface area is 186 Å². The summed E-state index contributed by atoms with van der Waals surface area (Å²) in [6, 6.07) is 0. The van der Waals surface area contributed by atoms with E-state index in [0.717, 1.165) is 90.7 Å². The average molecular weight is 509 g/mol. The SMILES string of the molecule is CN=C(NCC1(OC)CCOCC1)N1CCN(CC(=O)N2CCCC2)CC1.I. The second kappa shape index (κ2) is 11.5. The molecule has 28 heavy (non-hydrogen) atoms. The van der Waals surface area contributed by atoms with Crippen LogP contribution in [0.2, 0.25) is 0 Å². The molecular formula is C19H36IN5O3. The molecule has 0 aromatic rings. The first kappa shape index (κ1) is 23.6. The molecule has 0 aromatic heterocycles. The predicted octanol–water partition coefficient (Wildman–Crippen LogP) is 0.615. The Hall–Kier alpha value is -0.650. The van der Waals surface area contributed by atoms with Gasteiger partial charge in [-0.3, -0.25) is 14.7 Å². The van der Waals surface area contributed by atoms with Gasteiger partial charge in [-0.05, 0) is 12.8 Å². The van der Waals surface area contributed by atoms with Crippen molar-refractivity contribution in [3.05, 3.63) is 0 Å². The van der Waals surface area contributed by atoms with E-state index in [0.29, 0.717) is 6.54 Å². The molecule has 0 atom stereocenters. The van der Waals surface area contributed by atoms with E-state index in [-0.39, 0.29) is 35.5 Å². The molecule has 3 aliphatic heterocycles. The van der Waals surface area contributed by atoms with E-state index in [2.05, 4.69) is 20.1 Å². The maximum absolute atomic E-state index is 12.3. The predicted molar refractivity (Wildman–Crippen MR) is 120 cm³/mol. The van der Waals surface area contributed by atoms with Crippen molar-refractivity contribution in [3.8, 4) is 0 Å². The zero-order chi connectivity index (χ0) is 19.1. The lowest BCUT2D eigenvalue weighted by molar-refractivity contribution is -0.131. The number of rotatable bonds is 5.